The first-order valence-corrected chi connectivity index (χ1v) is 11.0. The lowest BCUT2D eigenvalue weighted by Gasteiger charge is -2.13. The summed E-state index contributed by atoms with van der Waals surface area (Å²) in [5, 5.41) is 4.96. The molecule has 29 heavy (non-hydrogen) atoms. The summed E-state index contributed by atoms with van der Waals surface area (Å²) >= 11 is 19.6. The molecule has 3 aromatic rings. The number of hydrogen-bond acceptors (Lipinski definition) is 4. The summed E-state index contributed by atoms with van der Waals surface area (Å²) in [4.78, 5) is 29.9. The van der Waals surface area contributed by atoms with Gasteiger partial charge >= 0.3 is 0 Å². The Balaban J connectivity index is 1.86. The molecule has 0 spiro atoms. The van der Waals surface area contributed by atoms with Gasteiger partial charge in [-0.25, -0.2) is 4.98 Å². The van der Waals surface area contributed by atoms with E-state index >= 15 is 0 Å². The van der Waals surface area contributed by atoms with E-state index in [0.29, 0.717) is 43.4 Å². The maximum atomic E-state index is 12.8. The van der Waals surface area contributed by atoms with Gasteiger partial charge in [0, 0.05) is 11.6 Å². The molecule has 0 atom stereocenters. The lowest BCUT2D eigenvalue weighted by Crippen LogP contribution is -2.24. The monoisotopic (exact) mass is 469 g/mol. The van der Waals surface area contributed by atoms with Crippen molar-refractivity contribution < 1.29 is 4.79 Å². The Kier molecular flexibility index (Phi) is 7.11. The molecule has 0 fully saturated rings. The van der Waals surface area contributed by atoms with Gasteiger partial charge in [-0.1, -0.05) is 59.6 Å². The van der Waals surface area contributed by atoms with E-state index in [2.05, 4.69) is 10.3 Å². The number of halogens is 3. The fourth-order valence-electron chi connectivity index (χ4n) is 2.78. The Labute approximate surface area is 187 Å². The third kappa shape index (κ3) is 4.89. The number of benzene rings is 2. The third-order valence-corrected chi connectivity index (χ3v) is 6.22. The molecule has 0 aliphatic rings. The molecule has 9 heteroatoms. The number of anilines is 1. The standard InChI is InChI=1S/C20H18Cl3N3O2S/c1-3-8-26-19(28)13-6-5-12(21)9-15(13)24-20(26)29-10-16(27)25-18-14(22)7-4-11(2)17(18)23/h4-7,9H,3,8,10H2,1-2H3,(H,25,27). The zero-order valence-electron chi connectivity index (χ0n) is 15.8. The van der Waals surface area contributed by atoms with E-state index in [0.717, 1.165) is 12.0 Å². The number of carbonyl (C=O) groups is 1. The van der Waals surface area contributed by atoms with Crippen molar-refractivity contribution in [3.63, 3.8) is 0 Å². The van der Waals surface area contributed by atoms with E-state index in [4.69, 9.17) is 34.8 Å². The molecule has 1 N–H and O–H groups in total. The fraction of sp³-hybridized carbons (Fsp3) is 0.250. The van der Waals surface area contributed by atoms with Gasteiger partial charge in [0.2, 0.25) is 5.91 Å². The van der Waals surface area contributed by atoms with Crippen molar-refractivity contribution in [1.82, 2.24) is 9.55 Å². The van der Waals surface area contributed by atoms with Crippen LogP contribution in [0.2, 0.25) is 15.1 Å². The van der Waals surface area contributed by atoms with Crippen LogP contribution in [0.1, 0.15) is 18.9 Å². The van der Waals surface area contributed by atoms with E-state index in [1.807, 2.05) is 13.8 Å². The first-order chi connectivity index (χ1) is 13.8. The molecule has 0 unspecified atom stereocenters. The summed E-state index contributed by atoms with van der Waals surface area (Å²) in [6.07, 6.45) is 0.759. The average molecular weight is 471 g/mol. The Bertz CT molecular complexity index is 1150. The molecule has 0 bridgehead atoms. The van der Waals surface area contributed by atoms with E-state index < -0.39 is 0 Å². The molecule has 5 nitrogen and oxygen atoms in total. The molecule has 152 valence electrons. The summed E-state index contributed by atoms with van der Waals surface area (Å²) < 4.78 is 1.58. The first-order valence-electron chi connectivity index (χ1n) is 8.89. The highest BCUT2D eigenvalue weighted by atomic mass is 35.5. The first kappa shape index (κ1) is 22.0. The Morgan fingerprint density at radius 3 is 2.69 bits per heavy atom. The van der Waals surface area contributed by atoms with Crippen molar-refractivity contribution in [3.05, 3.63) is 61.3 Å². The second-order valence-electron chi connectivity index (χ2n) is 6.40. The minimum absolute atomic E-state index is 0.0445. The number of fused-ring (bicyclic) bond motifs is 1. The fourth-order valence-corrected chi connectivity index (χ4v) is 4.24. The number of aryl methyl sites for hydroxylation is 1. The highest BCUT2D eigenvalue weighted by molar-refractivity contribution is 7.99. The van der Waals surface area contributed by atoms with Gasteiger partial charge in [0.1, 0.15) is 0 Å². The van der Waals surface area contributed by atoms with E-state index in [1.54, 1.807) is 34.9 Å². The third-order valence-electron chi connectivity index (χ3n) is 4.21. The van der Waals surface area contributed by atoms with Gasteiger partial charge in [0.15, 0.2) is 5.16 Å². The number of aromatic nitrogens is 2. The van der Waals surface area contributed by atoms with Crippen LogP contribution < -0.4 is 10.9 Å². The minimum Gasteiger partial charge on any atom is -0.323 e. The van der Waals surface area contributed by atoms with Crippen LogP contribution in [-0.4, -0.2) is 21.2 Å². The van der Waals surface area contributed by atoms with Crippen LogP contribution in [0.4, 0.5) is 5.69 Å². The van der Waals surface area contributed by atoms with Crippen molar-refractivity contribution in [3.8, 4) is 0 Å². The van der Waals surface area contributed by atoms with Gasteiger partial charge < -0.3 is 5.32 Å². The molecule has 0 radical (unpaired) electrons. The highest BCUT2D eigenvalue weighted by Crippen LogP contribution is 2.33. The molecule has 0 saturated heterocycles. The van der Waals surface area contributed by atoms with Gasteiger partial charge in [-0.3, -0.25) is 14.2 Å². The summed E-state index contributed by atoms with van der Waals surface area (Å²) in [6.45, 7) is 4.31. The van der Waals surface area contributed by atoms with Crippen molar-refractivity contribution in [2.24, 2.45) is 0 Å². The highest BCUT2D eigenvalue weighted by Gasteiger charge is 2.15. The molecular formula is C20H18Cl3N3O2S. The average Bonchev–Trinajstić information content (AvgIpc) is 2.69. The van der Waals surface area contributed by atoms with Gasteiger partial charge in [-0.2, -0.15) is 0 Å². The smallest absolute Gasteiger partial charge is 0.262 e. The Hall–Kier alpha value is -1.73. The molecule has 0 aliphatic carbocycles. The number of nitrogens with one attached hydrogen (secondary N) is 1. The lowest BCUT2D eigenvalue weighted by atomic mass is 10.2. The molecule has 1 heterocycles. The molecule has 2 aromatic carbocycles. The second-order valence-corrected chi connectivity index (χ2v) is 8.57. The van der Waals surface area contributed by atoms with Crippen LogP contribution in [0.25, 0.3) is 10.9 Å². The number of nitrogens with zero attached hydrogens (tertiary/aromatic N) is 2. The number of hydrogen-bond donors (Lipinski definition) is 1. The number of rotatable bonds is 6. The number of amides is 1. The summed E-state index contributed by atoms with van der Waals surface area (Å²) in [5.74, 6) is -0.254. The largest absolute Gasteiger partial charge is 0.323 e. The van der Waals surface area contributed by atoms with Crippen molar-refractivity contribution in [2.75, 3.05) is 11.1 Å². The molecule has 1 aromatic heterocycles. The lowest BCUT2D eigenvalue weighted by molar-refractivity contribution is -0.113. The quantitative estimate of drug-likeness (QED) is 0.365. The van der Waals surface area contributed by atoms with Crippen LogP contribution in [0, 0.1) is 6.92 Å². The van der Waals surface area contributed by atoms with Gasteiger partial charge in [0.05, 0.1) is 32.4 Å². The Morgan fingerprint density at radius 1 is 1.21 bits per heavy atom. The molecule has 0 aliphatic heterocycles. The van der Waals surface area contributed by atoms with Gasteiger partial charge in [-0.15, -0.1) is 0 Å². The van der Waals surface area contributed by atoms with E-state index in [-0.39, 0.29) is 17.2 Å². The topological polar surface area (TPSA) is 64.0 Å². The summed E-state index contributed by atoms with van der Waals surface area (Å²) in [6, 6.07) is 8.44. The predicted octanol–water partition coefficient (Wildman–Crippen LogP) is 5.81. The SMILES string of the molecule is CCCn1c(SCC(=O)Nc2c(Cl)ccc(C)c2Cl)nc2cc(Cl)ccc2c1=O. The Morgan fingerprint density at radius 2 is 1.97 bits per heavy atom. The zero-order valence-corrected chi connectivity index (χ0v) is 18.8. The van der Waals surface area contributed by atoms with Gasteiger partial charge in [0.25, 0.3) is 5.56 Å². The van der Waals surface area contributed by atoms with Crippen molar-refractivity contribution >= 4 is 69.1 Å². The predicted molar refractivity (Wildman–Crippen MR) is 122 cm³/mol. The van der Waals surface area contributed by atoms with Crippen molar-refractivity contribution in [2.45, 2.75) is 32.0 Å². The maximum Gasteiger partial charge on any atom is 0.262 e. The molecule has 0 saturated carbocycles. The van der Waals surface area contributed by atoms with Crippen LogP contribution in [-0.2, 0) is 11.3 Å². The molecular weight excluding hydrogens is 453 g/mol. The number of carbonyl (C=O) groups excluding carboxylic acids is 1. The molecule has 3 rings (SSSR count). The van der Waals surface area contributed by atoms with Crippen molar-refractivity contribution in [1.29, 1.82) is 0 Å². The second kappa shape index (κ2) is 9.39. The minimum atomic E-state index is -0.298. The normalized spacial score (nSPS) is 11.1. The maximum absolute atomic E-state index is 12.8. The van der Waals surface area contributed by atoms with Crippen LogP contribution in [0.5, 0.6) is 0 Å². The van der Waals surface area contributed by atoms with Gasteiger partial charge in [-0.05, 0) is 43.2 Å². The van der Waals surface area contributed by atoms with Crippen LogP contribution >= 0.6 is 46.6 Å². The van der Waals surface area contributed by atoms with E-state index in [1.165, 1.54) is 11.8 Å². The van der Waals surface area contributed by atoms with Crippen LogP contribution in [0.15, 0.2) is 40.3 Å². The zero-order chi connectivity index (χ0) is 21.1. The molecule has 1 amide bonds. The summed E-state index contributed by atoms with van der Waals surface area (Å²) in [7, 11) is 0. The van der Waals surface area contributed by atoms with Crippen LogP contribution in [0.3, 0.4) is 0 Å². The van der Waals surface area contributed by atoms with E-state index in [9.17, 15) is 9.59 Å². The number of thioether (sulfide) groups is 1. The summed E-state index contributed by atoms with van der Waals surface area (Å²) in [5.41, 5.74) is 1.54.